The third-order valence-electron chi connectivity index (χ3n) is 4.85. The Labute approximate surface area is 157 Å². The molecule has 6 nitrogen and oxygen atoms in total. The molecule has 4 rings (SSSR count). The molecule has 6 heteroatoms. The zero-order valence-corrected chi connectivity index (χ0v) is 15.3. The number of carbonyl (C=O) groups excluding carboxylic acids is 1. The Morgan fingerprint density at radius 2 is 2.19 bits per heavy atom. The highest BCUT2D eigenvalue weighted by molar-refractivity contribution is 5.93. The molecule has 1 atom stereocenters. The number of carbonyl (C=O) groups is 1. The summed E-state index contributed by atoms with van der Waals surface area (Å²) < 4.78 is 11.0. The Morgan fingerprint density at radius 1 is 1.30 bits per heavy atom. The van der Waals surface area contributed by atoms with E-state index in [1.807, 2.05) is 49.5 Å². The first kappa shape index (κ1) is 17.1. The van der Waals surface area contributed by atoms with E-state index in [1.165, 1.54) is 0 Å². The van der Waals surface area contributed by atoms with Crippen LogP contribution < -0.4 is 14.8 Å². The Morgan fingerprint density at radius 3 is 2.93 bits per heavy atom. The lowest BCUT2D eigenvalue weighted by Crippen LogP contribution is -2.32. The quantitative estimate of drug-likeness (QED) is 0.743. The van der Waals surface area contributed by atoms with Gasteiger partial charge in [0, 0.05) is 17.4 Å². The third-order valence-corrected chi connectivity index (χ3v) is 4.85. The number of hydrogen-bond donors (Lipinski definition) is 2. The van der Waals surface area contributed by atoms with Crippen molar-refractivity contribution in [2.75, 3.05) is 19.0 Å². The molecule has 1 aliphatic rings. The van der Waals surface area contributed by atoms with Gasteiger partial charge in [-0.1, -0.05) is 6.07 Å². The normalized spacial score (nSPS) is 15.6. The molecule has 3 aromatic rings. The summed E-state index contributed by atoms with van der Waals surface area (Å²) in [6.07, 6.45) is 4.27. The van der Waals surface area contributed by atoms with Gasteiger partial charge in [-0.05, 0) is 60.4 Å². The summed E-state index contributed by atoms with van der Waals surface area (Å²) in [6, 6.07) is 11.6. The van der Waals surface area contributed by atoms with Gasteiger partial charge in [-0.25, -0.2) is 0 Å². The van der Waals surface area contributed by atoms with Crippen molar-refractivity contribution in [3.8, 4) is 22.6 Å². The van der Waals surface area contributed by atoms with Gasteiger partial charge in [0.05, 0.1) is 19.2 Å². The van der Waals surface area contributed by atoms with Gasteiger partial charge >= 0.3 is 0 Å². The van der Waals surface area contributed by atoms with Gasteiger partial charge in [0.25, 0.3) is 0 Å². The van der Waals surface area contributed by atoms with Crippen LogP contribution in [-0.2, 0) is 11.2 Å². The summed E-state index contributed by atoms with van der Waals surface area (Å²) in [5.41, 5.74) is 4.96. The van der Waals surface area contributed by atoms with Crippen LogP contribution in [-0.4, -0.2) is 29.8 Å². The number of methoxy groups -OCH3 is 1. The van der Waals surface area contributed by atoms with Crippen LogP contribution in [0.25, 0.3) is 11.1 Å². The monoisotopic (exact) mass is 363 g/mol. The van der Waals surface area contributed by atoms with Gasteiger partial charge < -0.3 is 14.8 Å². The van der Waals surface area contributed by atoms with E-state index in [0.717, 1.165) is 39.4 Å². The first-order valence-electron chi connectivity index (χ1n) is 8.84. The molecule has 1 unspecified atom stereocenters. The molecule has 0 saturated carbocycles. The van der Waals surface area contributed by atoms with Gasteiger partial charge in [0.1, 0.15) is 18.1 Å². The van der Waals surface area contributed by atoms with E-state index in [2.05, 4.69) is 15.5 Å². The van der Waals surface area contributed by atoms with E-state index in [9.17, 15) is 4.79 Å². The molecule has 2 heterocycles. The van der Waals surface area contributed by atoms with Crippen LogP contribution in [0.5, 0.6) is 11.5 Å². The van der Waals surface area contributed by atoms with Crippen molar-refractivity contribution in [1.82, 2.24) is 10.2 Å². The average Bonchev–Trinajstić information content (AvgIpc) is 3.21. The van der Waals surface area contributed by atoms with Gasteiger partial charge in [0.2, 0.25) is 5.91 Å². The second-order valence-electron chi connectivity index (χ2n) is 6.69. The lowest BCUT2D eigenvalue weighted by atomic mass is 9.95. The molecule has 1 aromatic heterocycles. The van der Waals surface area contributed by atoms with Gasteiger partial charge in [-0.3, -0.25) is 9.89 Å². The van der Waals surface area contributed by atoms with Crippen molar-refractivity contribution in [3.05, 3.63) is 59.9 Å². The minimum Gasteiger partial charge on any atom is -0.497 e. The number of amides is 1. The van der Waals surface area contributed by atoms with E-state index >= 15 is 0 Å². The number of aromatic nitrogens is 2. The van der Waals surface area contributed by atoms with E-state index in [-0.39, 0.29) is 11.8 Å². The molecule has 27 heavy (non-hydrogen) atoms. The van der Waals surface area contributed by atoms with Crippen molar-refractivity contribution in [1.29, 1.82) is 0 Å². The fraction of sp³-hybridized carbons (Fsp3) is 0.238. The topological polar surface area (TPSA) is 76.2 Å². The molecule has 1 aliphatic heterocycles. The SMILES string of the molecule is COc1ccc2c(c1)CC(C(=O)Nc1ccc(-c3cn[nH]c3)c(C)c1)CO2. The van der Waals surface area contributed by atoms with Crippen LogP contribution in [0, 0.1) is 12.8 Å². The zero-order valence-electron chi connectivity index (χ0n) is 15.3. The Kier molecular flexibility index (Phi) is 4.54. The lowest BCUT2D eigenvalue weighted by molar-refractivity contribution is -0.121. The van der Waals surface area contributed by atoms with Crippen molar-refractivity contribution >= 4 is 11.6 Å². The third kappa shape index (κ3) is 3.51. The Balaban J connectivity index is 1.47. The maximum Gasteiger partial charge on any atom is 0.231 e. The van der Waals surface area contributed by atoms with E-state index in [4.69, 9.17) is 9.47 Å². The first-order chi connectivity index (χ1) is 13.1. The fourth-order valence-corrected chi connectivity index (χ4v) is 3.37. The molecule has 0 fully saturated rings. The van der Waals surface area contributed by atoms with Crippen LogP contribution in [0.2, 0.25) is 0 Å². The average molecular weight is 363 g/mol. The largest absolute Gasteiger partial charge is 0.497 e. The zero-order chi connectivity index (χ0) is 18.8. The Hall–Kier alpha value is -3.28. The molecule has 0 aliphatic carbocycles. The second-order valence-corrected chi connectivity index (χ2v) is 6.69. The van der Waals surface area contributed by atoms with Crippen LogP contribution in [0.3, 0.4) is 0 Å². The summed E-state index contributed by atoms with van der Waals surface area (Å²) in [7, 11) is 1.63. The number of nitrogens with one attached hydrogen (secondary N) is 2. The number of fused-ring (bicyclic) bond motifs is 1. The van der Waals surface area contributed by atoms with Crippen molar-refractivity contribution in [2.45, 2.75) is 13.3 Å². The molecule has 138 valence electrons. The number of rotatable bonds is 4. The molecular formula is C21H21N3O3. The molecule has 1 amide bonds. The van der Waals surface area contributed by atoms with E-state index in [1.54, 1.807) is 13.3 Å². The highest BCUT2D eigenvalue weighted by Gasteiger charge is 2.26. The summed E-state index contributed by atoms with van der Waals surface area (Å²) >= 11 is 0. The van der Waals surface area contributed by atoms with Crippen LogP contribution in [0.15, 0.2) is 48.8 Å². The summed E-state index contributed by atoms with van der Waals surface area (Å²) in [5, 5.41) is 9.81. The predicted octanol–water partition coefficient (Wildman–Crippen LogP) is 3.58. The number of ether oxygens (including phenoxy) is 2. The number of aromatic amines is 1. The highest BCUT2D eigenvalue weighted by Crippen LogP contribution is 2.31. The summed E-state index contributed by atoms with van der Waals surface area (Å²) in [6.45, 7) is 2.39. The minimum absolute atomic E-state index is 0.0427. The molecular weight excluding hydrogens is 342 g/mol. The lowest BCUT2D eigenvalue weighted by Gasteiger charge is -2.25. The summed E-state index contributed by atoms with van der Waals surface area (Å²) in [5.74, 6) is 1.31. The Bertz CT molecular complexity index is 967. The number of nitrogens with zero attached hydrogens (tertiary/aromatic N) is 1. The second kappa shape index (κ2) is 7.15. The molecule has 2 aromatic carbocycles. The van der Waals surface area contributed by atoms with Gasteiger partial charge in [0.15, 0.2) is 0 Å². The number of hydrogen-bond acceptors (Lipinski definition) is 4. The number of anilines is 1. The first-order valence-corrected chi connectivity index (χ1v) is 8.84. The summed E-state index contributed by atoms with van der Waals surface area (Å²) in [4.78, 5) is 12.7. The van der Waals surface area contributed by atoms with Crippen LogP contribution in [0.1, 0.15) is 11.1 Å². The van der Waals surface area contributed by atoms with Crippen molar-refractivity contribution in [2.24, 2.45) is 5.92 Å². The molecule has 0 bridgehead atoms. The van der Waals surface area contributed by atoms with Crippen LogP contribution in [0.4, 0.5) is 5.69 Å². The molecule has 2 N–H and O–H groups in total. The van der Waals surface area contributed by atoms with E-state index < -0.39 is 0 Å². The van der Waals surface area contributed by atoms with Gasteiger partial charge in [-0.15, -0.1) is 0 Å². The minimum atomic E-state index is -0.238. The predicted molar refractivity (Wildman–Crippen MR) is 103 cm³/mol. The van der Waals surface area contributed by atoms with E-state index in [0.29, 0.717) is 13.0 Å². The maximum atomic E-state index is 12.7. The van der Waals surface area contributed by atoms with Crippen LogP contribution >= 0.6 is 0 Å². The molecule has 0 spiro atoms. The molecule has 0 radical (unpaired) electrons. The standard InChI is InChI=1S/C21H21N3O3/c1-13-7-17(3-5-19(13)16-10-22-23-11-16)24-21(25)15-8-14-9-18(26-2)4-6-20(14)27-12-15/h3-7,9-11,15H,8,12H2,1-2H3,(H,22,23)(H,24,25). The number of aryl methyl sites for hydroxylation is 1. The van der Waals surface area contributed by atoms with Gasteiger partial charge in [-0.2, -0.15) is 5.10 Å². The highest BCUT2D eigenvalue weighted by atomic mass is 16.5. The van der Waals surface area contributed by atoms with Crippen molar-refractivity contribution in [3.63, 3.8) is 0 Å². The van der Waals surface area contributed by atoms with Crippen molar-refractivity contribution < 1.29 is 14.3 Å². The maximum absolute atomic E-state index is 12.7. The fourth-order valence-electron chi connectivity index (χ4n) is 3.37. The number of H-pyrrole nitrogens is 1. The smallest absolute Gasteiger partial charge is 0.231 e. The molecule has 0 saturated heterocycles. The number of benzene rings is 2.